The van der Waals surface area contributed by atoms with Crippen LogP contribution in [0.4, 0.5) is 0 Å². The molecule has 0 aliphatic heterocycles. The molecule has 138 valence electrons. The summed E-state index contributed by atoms with van der Waals surface area (Å²) in [5.41, 5.74) is 1.55. The van der Waals surface area contributed by atoms with Crippen LogP contribution >= 0.6 is 11.6 Å². The van der Waals surface area contributed by atoms with Crippen molar-refractivity contribution in [1.29, 1.82) is 0 Å². The largest absolute Gasteiger partial charge is 0.354 e. The molecule has 6 heteroatoms. The van der Waals surface area contributed by atoms with Crippen LogP contribution in [0.15, 0.2) is 54.6 Å². The molecule has 2 aromatic carbocycles. The van der Waals surface area contributed by atoms with E-state index < -0.39 is 0 Å². The Balaban J connectivity index is 1.78. The average Bonchev–Trinajstić information content (AvgIpc) is 2.62. The number of carbonyl (C=O) groups excluding carboxylic acids is 2. The van der Waals surface area contributed by atoms with Crippen molar-refractivity contribution in [2.45, 2.75) is 12.5 Å². The lowest BCUT2D eigenvalue weighted by Crippen LogP contribution is -2.36. The van der Waals surface area contributed by atoms with E-state index in [1.54, 1.807) is 24.3 Å². The van der Waals surface area contributed by atoms with E-state index in [9.17, 15) is 9.59 Å². The van der Waals surface area contributed by atoms with Gasteiger partial charge in [-0.3, -0.25) is 9.59 Å². The van der Waals surface area contributed by atoms with E-state index in [2.05, 4.69) is 15.5 Å². The molecule has 0 heterocycles. The van der Waals surface area contributed by atoms with Gasteiger partial charge in [0.25, 0.3) is 5.91 Å². The summed E-state index contributed by atoms with van der Waals surface area (Å²) >= 11 is 5.99. The van der Waals surface area contributed by atoms with Gasteiger partial charge in [0, 0.05) is 19.5 Å². The van der Waals surface area contributed by atoms with Gasteiger partial charge < -0.3 is 15.5 Å². The number of nitrogens with zero attached hydrogens (tertiary/aromatic N) is 1. The number of rotatable bonds is 8. The monoisotopic (exact) mass is 373 g/mol. The summed E-state index contributed by atoms with van der Waals surface area (Å²) < 4.78 is 0. The lowest BCUT2D eigenvalue weighted by atomic mass is 10.1. The molecule has 26 heavy (non-hydrogen) atoms. The van der Waals surface area contributed by atoms with E-state index >= 15 is 0 Å². The zero-order valence-electron chi connectivity index (χ0n) is 15.0. The van der Waals surface area contributed by atoms with Gasteiger partial charge >= 0.3 is 0 Å². The van der Waals surface area contributed by atoms with Gasteiger partial charge in [0.15, 0.2) is 0 Å². The Morgan fingerprint density at radius 2 is 1.65 bits per heavy atom. The van der Waals surface area contributed by atoms with Crippen molar-refractivity contribution >= 4 is 23.4 Å². The van der Waals surface area contributed by atoms with Gasteiger partial charge in [-0.1, -0.05) is 54.1 Å². The zero-order valence-corrected chi connectivity index (χ0v) is 15.8. The molecular formula is C20H24ClN3O2. The minimum Gasteiger partial charge on any atom is -0.354 e. The van der Waals surface area contributed by atoms with Crippen molar-refractivity contribution in [3.05, 3.63) is 70.7 Å². The number of benzene rings is 2. The van der Waals surface area contributed by atoms with E-state index in [-0.39, 0.29) is 30.8 Å². The van der Waals surface area contributed by atoms with Crippen LogP contribution in [0.1, 0.15) is 28.4 Å². The van der Waals surface area contributed by atoms with Gasteiger partial charge in [0.1, 0.15) is 0 Å². The zero-order chi connectivity index (χ0) is 18.9. The Bertz CT molecular complexity index is 735. The van der Waals surface area contributed by atoms with Gasteiger partial charge in [-0.05, 0) is 31.8 Å². The molecule has 5 nitrogen and oxygen atoms in total. The third kappa shape index (κ3) is 5.86. The van der Waals surface area contributed by atoms with Crippen LogP contribution in [0.3, 0.4) is 0 Å². The highest BCUT2D eigenvalue weighted by molar-refractivity contribution is 6.33. The van der Waals surface area contributed by atoms with Crippen LogP contribution < -0.4 is 10.6 Å². The van der Waals surface area contributed by atoms with Crippen molar-refractivity contribution in [3.63, 3.8) is 0 Å². The molecule has 0 aromatic heterocycles. The number of hydrogen-bond acceptors (Lipinski definition) is 3. The molecule has 0 aliphatic carbocycles. The first-order valence-electron chi connectivity index (χ1n) is 8.50. The summed E-state index contributed by atoms with van der Waals surface area (Å²) in [6.45, 7) is 0.766. The molecule has 2 aromatic rings. The second-order valence-electron chi connectivity index (χ2n) is 6.18. The summed E-state index contributed by atoms with van der Waals surface area (Å²) in [5, 5.41) is 6.04. The number of likely N-dealkylation sites (N-methyl/N-ethyl adjacent to an activating group) is 1. The molecular weight excluding hydrogens is 350 g/mol. The predicted molar refractivity (Wildman–Crippen MR) is 104 cm³/mol. The fraction of sp³-hybridized carbons (Fsp3) is 0.300. The molecule has 2 amide bonds. The number of halogens is 1. The molecule has 0 saturated carbocycles. The molecule has 0 fully saturated rings. The smallest absolute Gasteiger partial charge is 0.252 e. The summed E-state index contributed by atoms with van der Waals surface area (Å²) in [5.74, 6) is -0.383. The Morgan fingerprint density at radius 3 is 2.31 bits per heavy atom. The first kappa shape index (κ1) is 19.9. The van der Waals surface area contributed by atoms with E-state index in [0.717, 1.165) is 5.56 Å². The van der Waals surface area contributed by atoms with Crippen LogP contribution in [0.25, 0.3) is 0 Å². The van der Waals surface area contributed by atoms with Gasteiger partial charge in [-0.15, -0.1) is 0 Å². The lowest BCUT2D eigenvalue weighted by Gasteiger charge is -2.25. The highest BCUT2D eigenvalue weighted by atomic mass is 35.5. The second-order valence-corrected chi connectivity index (χ2v) is 6.59. The normalized spacial score (nSPS) is 11.8. The van der Waals surface area contributed by atoms with Gasteiger partial charge in [-0.25, -0.2) is 0 Å². The Kier molecular flexibility index (Phi) is 7.63. The van der Waals surface area contributed by atoms with Crippen molar-refractivity contribution in [2.75, 3.05) is 27.2 Å². The highest BCUT2D eigenvalue weighted by Gasteiger charge is 2.15. The first-order chi connectivity index (χ1) is 12.5. The van der Waals surface area contributed by atoms with E-state index in [1.165, 1.54) is 0 Å². The fourth-order valence-electron chi connectivity index (χ4n) is 2.60. The highest BCUT2D eigenvalue weighted by Crippen LogP contribution is 2.17. The minimum absolute atomic E-state index is 0.0952. The topological polar surface area (TPSA) is 61.4 Å². The molecule has 0 saturated heterocycles. The maximum atomic E-state index is 12.1. The standard InChI is InChI=1S/C20H24ClN3O2/c1-24(2)18(15-8-4-3-5-9-15)14-23-19(25)12-13-22-20(26)16-10-6-7-11-17(16)21/h3-11,18H,12-14H2,1-2H3,(H,22,26)(H,23,25)/t18-/m1/s1. The maximum Gasteiger partial charge on any atom is 0.252 e. The predicted octanol–water partition coefficient (Wildman–Crippen LogP) is 2.88. The number of hydrogen-bond donors (Lipinski definition) is 2. The average molecular weight is 374 g/mol. The van der Waals surface area contributed by atoms with Gasteiger partial charge in [0.2, 0.25) is 5.91 Å². The summed E-state index contributed by atoms with van der Waals surface area (Å²) in [6, 6.07) is 16.9. The van der Waals surface area contributed by atoms with Crippen LogP contribution in [0.5, 0.6) is 0 Å². The van der Waals surface area contributed by atoms with Crippen LogP contribution in [-0.2, 0) is 4.79 Å². The summed E-state index contributed by atoms with van der Waals surface area (Å²) in [4.78, 5) is 26.2. The van der Waals surface area contributed by atoms with Gasteiger partial charge in [0.05, 0.1) is 16.6 Å². The SMILES string of the molecule is CN(C)[C@H](CNC(=O)CCNC(=O)c1ccccc1Cl)c1ccccc1. The number of carbonyl (C=O) groups is 2. The lowest BCUT2D eigenvalue weighted by molar-refractivity contribution is -0.121. The number of amides is 2. The molecule has 0 spiro atoms. The Hall–Kier alpha value is -2.37. The second kappa shape index (κ2) is 9.94. The number of nitrogens with one attached hydrogen (secondary N) is 2. The summed E-state index contributed by atoms with van der Waals surface area (Å²) in [6.07, 6.45) is 0.213. The van der Waals surface area contributed by atoms with E-state index in [0.29, 0.717) is 17.1 Å². The first-order valence-corrected chi connectivity index (χ1v) is 8.87. The van der Waals surface area contributed by atoms with Crippen LogP contribution in [0, 0.1) is 0 Å². The molecule has 0 unspecified atom stereocenters. The molecule has 1 atom stereocenters. The maximum absolute atomic E-state index is 12.1. The quantitative estimate of drug-likeness (QED) is 0.748. The molecule has 2 rings (SSSR count). The third-order valence-corrected chi connectivity index (χ3v) is 4.39. The Labute approximate surface area is 159 Å². The van der Waals surface area contributed by atoms with Crippen molar-refractivity contribution in [1.82, 2.24) is 15.5 Å². The van der Waals surface area contributed by atoms with Gasteiger partial charge in [-0.2, -0.15) is 0 Å². The van der Waals surface area contributed by atoms with Crippen molar-refractivity contribution in [3.8, 4) is 0 Å². The molecule has 0 radical (unpaired) electrons. The van der Waals surface area contributed by atoms with Crippen LogP contribution in [0.2, 0.25) is 5.02 Å². The van der Waals surface area contributed by atoms with Crippen molar-refractivity contribution < 1.29 is 9.59 Å². The summed E-state index contributed by atoms with van der Waals surface area (Å²) in [7, 11) is 3.96. The van der Waals surface area contributed by atoms with E-state index in [4.69, 9.17) is 11.6 Å². The fourth-order valence-corrected chi connectivity index (χ4v) is 2.82. The Morgan fingerprint density at radius 1 is 1.00 bits per heavy atom. The van der Waals surface area contributed by atoms with Crippen molar-refractivity contribution in [2.24, 2.45) is 0 Å². The van der Waals surface area contributed by atoms with E-state index in [1.807, 2.05) is 44.4 Å². The third-order valence-electron chi connectivity index (χ3n) is 4.06. The minimum atomic E-state index is -0.279. The van der Waals surface area contributed by atoms with Crippen LogP contribution in [-0.4, -0.2) is 43.9 Å². The molecule has 2 N–H and O–H groups in total. The molecule has 0 bridgehead atoms. The molecule has 0 aliphatic rings.